The van der Waals surface area contributed by atoms with Crippen molar-refractivity contribution in [3.63, 3.8) is 0 Å². The first-order valence-corrected chi connectivity index (χ1v) is 7.75. The van der Waals surface area contributed by atoms with Crippen LogP contribution in [0.3, 0.4) is 0 Å². The number of imidazole rings is 1. The maximum Gasteiger partial charge on any atom is 0.331 e. The summed E-state index contributed by atoms with van der Waals surface area (Å²) in [6, 6.07) is 0. The highest BCUT2D eigenvalue weighted by atomic mass is 31.2. The van der Waals surface area contributed by atoms with E-state index < -0.39 is 7.60 Å². The van der Waals surface area contributed by atoms with Crippen molar-refractivity contribution in [1.29, 1.82) is 0 Å². The van der Waals surface area contributed by atoms with Gasteiger partial charge in [0.25, 0.3) is 0 Å². The Bertz CT molecular complexity index is 474. The zero-order valence-corrected chi connectivity index (χ0v) is 12.2. The zero-order valence-electron chi connectivity index (χ0n) is 11.3. The molecule has 19 heavy (non-hydrogen) atoms. The van der Waals surface area contributed by atoms with Crippen LogP contribution in [0.5, 0.6) is 0 Å². The van der Waals surface area contributed by atoms with Crippen molar-refractivity contribution >= 4 is 13.4 Å². The predicted molar refractivity (Wildman–Crippen MR) is 71.5 cm³/mol. The van der Waals surface area contributed by atoms with E-state index in [0.29, 0.717) is 31.1 Å². The summed E-state index contributed by atoms with van der Waals surface area (Å²) in [4.78, 5) is 21.1. The Labute approximate surface area is 111 Å². The molecule has 1 aromatic heterocycles. The number of aryl methyl sites for hydroxylation is 1. The Morgan fingerprint density at radius 3 is 2.37 bits per heavy atom. The minimum atomic E-state index is -3.12. The van der Waals surface area contributed by atoms with E-state index in [1.54, 1.807) is 13.8 Å². The van der Waals surface area contributed by atoms with Gasteiger partial charge in [-0.05, 0) is 13.8 Å². The number of hydrogen-bond donors (Lipinski definition) is 3. The Hall–Kier alpha value is -1.08. The number of aromatic nitrogens is 2. The van der Waals surface area contributed by atoms with E-state index in [1.807, 2.05) is 0 Å². The van der Waals surface area contributed by atoms with Crippen molar-refractivity contribution in [2.45, 2.75) is 20.3 Å². The summed E-state index contributed by atoms with van der Waals surface area (Å²) in [6.07, 6.45) is 0.516. The third-order valence-corrected chi connectivity index (χ3v) is 4.37. The second-order valence-electron chi connectivity index (χ2n) is 3.66. The lowest BCUT2D eigenvalue weighted by Gasteiger charge is -2.16. The molecule has 0 atom stereocenters. The van der Waals surface area contributed by atoms with Crippen LogP contribution in [0.4, 0.5) is 5.82 Å². The van der Waals surface area contributed by atoms with Crippen molar-refractivity contribution in [3.05, 3.63) is 16.2 Å². The Kier molecular flexibility index (Phi) is 6.30. The minimum Gasteiger partial charge on any atom is -0.309 e. The fourth-order valence-electron chi connectivity index (χ4n) is 1.60. The molecular weight excluding hydrogens is 273 g/mol. The smallest absolute Gasteiger partial charge is 0.309 e. The molecule has 0 aliphatic heterocycles. The van der Waals surface area contributed by atoms with E-state index >= 15 is 0 Å². The number of aromatic amines is 2. The van der Waals surface area contributed by atoms with Gasteiger partial charge in [-0.3, -0.25) is 14.4 Å². The van der Waals surface area contributed by atoms with E-state index in [-0.39, 0.29) is 11.9 Å². The van der Waals surface area contributed by atoms with Gasteiger partial charge in [0.15, 0.2) is 5.82 Å². The van der Waals surface area contributed by atoms with Crippen LogP contribution < -0.4 is 11.2 Å². The topological polar surface area (TPSA) is 105 Å². The molecule has 1 heterocycles. The molecule has 0 aromatic carbocycles. The van der Waals surface area contributed by atoms with Crippen LogP contribution in [-0.2, 0) is 24.9 Å². The summed E-state index contributed by atoms with van der Waals surface area (Å²) in [5.41, 5.74) is 2.74. The second-order valence-corrected chi connectivity index (χ2v) is 5.84. The van der Waals surface area contributed by atoms with E-state index in [4.69, 9.17) is 13.9 Å². The summed E-state index contributed by atoms with van der Waals surface area (Å²) in [6.45, 7) is 4.12. The molecule has 0 spiro atoms. The quantitative estimate of drug-likeness (QED) is 0.470. The van der Waals surface area contributed by atoms with Gasteiger partial charge >= 0.3 is 13.3 Å². The first-order chi connectivity index (χ1) is 9.04. The fraction of sp³-hybridized carbons (Fsp3) is 0.700. The Morgan fingerprint density at radius 1 is 1.21 bits per heavy atom. The van der Waals surface area contributed by atoms with Crippen LogP contribution in [0.25, 0.3) is 0 Å². The predicted octanol–water partition coefficient (Wildman–Crippen LogP) is 1.48. The number of anilines is 1. The van der Waals surface area contributed by atoms with Gasteiger partial charge in [-0.25, -0.2) is 10.3 Å². The van der Waals surface area contributed by atoms with E-state index in [1.165, 1.54) is 7.11 Å². The SMILES string of the molecule is CCOP(=O)(CCc1[nH]c(=O)[nH]c1NOC)OCC. The third kappa shape index (κ3) is 4.83. The van der Waals surface area contributed by atoms with Crippen LogP contribution in [0.15, 0.2) is 4.79 Å². The van der Waals surface area contributed by atoms with Crippen molar-refractivity contribution in [2.75, 3.05) is 32.0 Å². The van der Waals surface area contributed by atoms with Crippen LogP contribution in [-0.4, -0.2) is 36.5 Å². The van der Waals surface area contributed by atoms with Crippen LogP contribution in [0.1, 0.15) is 19.5 Å². The molecule has 1 rings (SSSR count). The Balaban J connectivity index is 2.73. The van der Waals surface area contributed by atoms with Crippen LogP contribution >= 0.6 is 7.60 Å². The van der Waals surface area contributed by atoms with E-state index in [0.717, 1.165) is 0 Å². The van der Waals surface area contributed by atoms with Gasteiger partial charge in [0.05, 0.1) is 32.2 Å². The normalized spacial score (nSPS) is 11.7. The third-order valence-electron chi connectivity index (χ3n) is 2.30. The summed E-state index contributed by atoms with van der Waals surface area (Å²) in [5.74, 6) is 0.409. The molecule has 3 N–H and O–H groups in total. The average molecular weight is 293 g/mol. The molecule has 0 radical (unpaired) electrons. The molecule has 0 aliphatic carbocycles. The standard InChI is InChI=1S/C10H20N3O5P/c1-4-17-19(15,18-5-2)7-6-8-9(13-16-3)12-10(14)11-8/h13H,4-7H2,1-3H3,(H2,11,12,14). The van der Waals surface area contributed by atoms with Gasteiger partial charge in [-0.1, -0.05) is 0 Å². The molecule has 0 aliphatic rings. The molecule has 0 fully saturated rings. The monoisotopic (exact) mass is 293 g/mol. The van der Waals surface area contributed by atoms with E-state index in [2.05, 4.69) is 15.4 Å². The molecule has 0 unspecified atom stereocenters. The second kappa shape index (κ2) is 7.49. The van der Waals surface area contributed by atoms with Crippen LogP contribution in [0.2, 0.25) is 0 Å². The number of H-pyrrole nitrogens is 2. The van der Waals surface area contributed by atoms with Crippen LogP contribution in [0, 0.1) is 0 Å². The van der Waals surface area contributed by atoms with Gasteiger partial charge in [-0.2, -0.15) is 0 Å². The molecule has 0 amide bonds. The van der Waals surface area contributed by atoms with Crippen molar-refractivity contribution < 1.29 is 18.5 Å². The number of nitrogens with one attached hydrogen (secondary N) is 3. The summed E-state index contributed by atoms with van der Waals surface area (Å²) in [5, 5.41) is 0. The summed E-state index contributed by atoms with van der Waals surface area (Å²) < 4.78 is 22.6. The highest BCUT2D eigenvalue weighted by molar-refractivity contribution is 7.53. The van der Waals surface area contributed by atoms with Gasteiger partial charge in [-0.15, -0.1) is 0 Å². The lowest BCUT2D eigenvalue weighted by Crippen LogP contribution is -2.05. The fourth-order valence-corrected chi connectivity index (χ4v) is 3.22. The van der Waals surface area contributed by atoms with Crippen molar-refractivity contribution in [2.24, 2.45) is 0 Å². The largest absolute Gasteiger partial charge is 0.331 e. The average Bonchev–Trinajstić information content (AvgIpc) is 2.68. The maximum absolute atomic E-state index is 12.3. The molecule has 0 saturated carbocycles. The minimum absolute atomic E-state index is 0.181. The number of rotatable bonds is 9. The van der Waals surface area contributed by atoms with Gasteiger partial charge in [0, 0.05) is 6.42 Å². The highest BCUT2D eigenvalue weighted by Gasteiger charge is 2.24. The van der Waals surface area contributed by atoms with Crippen molar-refractivity contribution in [3.8, 4) is 0 Å². The molecule has 8 nitrogen and oxygen atoms in total. The molecule has 1 aromatic rings. The first-order valence-electron chi connectivity index (χ1n) is 6.03. The first kappa shape index (κ1) is 16.0. The lowest BCUT2D eigenvalue weighted by molar-refractivity contribution is 0.220. The maximum atomic E-state index is 12.3. The summed E-state index contributed by atoms with van der Waals surface area (Å²) in [7, 11) is -1.69. The zero-order chi connectivity index (χ0) is 14.3. The van der Waals surface area contributed by atoms with Gasteiger partial charge < -0.3 is 14.0 Å². The van der Waals surface area contributed by atoms with E-state index in [9.17, 15) is 9.36 Å². The highest BCUT2D eigenvalue weighted by Crippen LogP contribution is 2.48. The molecule has 110 valence electrons. The lowest BCUT2D eigenvalue weighted by atomic mass is 10.3. The molecule has 9 heteroatoms. The van der Waals surface area contributed by atoms with Gasteiger partial charge in [0.2, 0.25) is 0 Å². The molecular formula is C10H20N3O5P. The summed E-state index contributed by atoms with van der Waals surface area (Å²) >= 11 is 0. The Morgan fingerprint density at radius 2 is 1.84 bits per heavy atom. The van der Waals surface area contributed by atoms with Gasteiger partial charge in [0.1, 0.15) is 0 Å². The molecule has 0 saturated heterocycles. The van der Waals surface area contributed by atoms with Crippen molar-refractivity contribution in [1.82, 2.24) is 9.97 Å². The molecule has 0 bridgehead atoms. The number of hydrogen-bond acceptors (Lipinski definition) is 6.